The van der Waals surface area contributed by atoms with Crippen LogP contribution in [0.25, 0.3) is 5.52 Å². The lowest BCUT2D eigenvalue weighted by atomic mass is 10.1. The van der Waals surface area contributed by atoms with Gasteiger partial charge in [0.05, 0.1) is 23.6 Å². The van der Waals surface area contributed by atoms with E-state index in [0.29, 0.717) is 12.8 Å². The third-order valence-corrected chi connectivity index (χ3v) is 4.98. The monoisotopic (exact) mass is 282 g/mol. The van der Waals surface area contributed by atoms with E-state index in [9.17, 15) is 13.5 Å². The number of pyridine rings is 1. The van der Waals surface area contributed by atoms with Crippen molar-refractivity contribution in [1.29, 1.82) is 0 Å². The highest BCUT2D eigenvalue weighted by atomic mass is 32.2. The maximum Gasteiger partial charge on any atom is 0.150 e. The van der Waals surface area contributed by atoms with Crippen LogP contribution in [0.4, 0.5) is 0 Å². The van der Waals surface area contributed by atoms with Gasteiger partial charge in [0.1, 0.15) is 9.84 Å². The summed E-state index contributed by atoms with van der Waals surface area (Å²) in [5.74, 6) is 0.277. The molecule has 1 atom stereocenters. The predicted molar refractivity (Wildman–Crippen MR) is 73.7 cm³/mol. The summed E-state index contributed by atoms with van der Waals surface area (Å²) in [6.45, 7) is 1.64. The maximum atomic E-state index is 11.4. The Morgan fingerprint density at radius 2 is 2.21 bits per heavy atom. The third kappa shape index (κ3) is 3.33. The molecule has 2 heterocycles. The number of nitrogens with zero attached hydrogens (tertiary/aromatic N) is 2. The highest BCUT2D eigenvalue weighted by Gasteiger charge is 2.15. The number of sulfone groups is 1. The van der Waals surface area contributed by atoms with Crippen LogP contribution in [0.3, 0.4) is 0 Å². The van der Waals surface area contributed by atoms with Crippen molar-refractivity contribution in [3.8, 4) is 0 Å². The molecule has 104 valence electrons. The minimum Gasteiger partial charge on any atom is -0.388 e. The molecule has 2 aromatic rings. The third-order valence-electron chi connectivity index (χ3n) is 3.19. The van der Waals surface area contributed by atoms with Gasteiger partial charge in [-0.1, -0.05) is 13.0 Å². The Morgan fingerprint density at radius 1 is 1.42 bits per heavy atom. The van der Waals surface area contributed by atoms with Crippen LogP contribution in [0, 0.1) is 0 Å². The summed E-state index contributed by atoms with van der Waals surface area (Å²) >= 11 is 0. The number of hydrogen-bond acceptors (Lipinski definition) is 4. The van der Waals surface area contributed by atoms with Crippen LogP contribution in [0.15, 0.2) is 30.6 Å². The zero-order chi connectivity index (χ0) is 13.9. The smallest absolute Gasteiger partial charge is 0.150 e. The second kappa shape index (κ2) is 5.71. The number of aliphatic hydroxyl groups is 1. The van der Waals surface area contributed by atoms with Gasteiger partial charge in [-0.25, -0.2) is 12.9 Å². The fourth-order valence-electron chi connectivity index (χ4n) is 2.01. The molecule has 0 amide bonds. The van der Waals surface area contributed by atoms with E-state index in [-0.39, 0.29) is 11.5 Å². The van der Waals surface area contributed by atoms with Crippen molar-refractivity contribution in [3.63, 3.8) is 0 Å². The fraction of sp³-hybridized carbons (Fsp3) is 0.462. The summed E-state index contributed by atoms with van der Waals surface area (Å²) in [6.07, 6.45) is 3.66. The molecule has 0 saturated carbocycles. The largest absolute Gasteiger partial charge is 0.388 e. The number of aromatic nitrogens is 2. The Bertz CT molecular complexity index is 649. The summed E-state index contributed by atoms with van der Waals surface area (Å²) < 4.78 is 24.5. The molecular formula is C13H18N2O3S. The Morgan fingerprint density at radius 3 is 2.95 bits per heavy atom. The summed E-state index contributed by atoms with van der Waals surface area (Å²) in [6, 6.07) is 5.63. The molecule has 1 N–H and O–H groups in total. The molecule has 2 rings (SSSR count). The van der Waals surface area contributed by atoms with Crippen molar-refractivity contribution in [2.45, 2.75) is 25.9 Å². The van der Waals surface area contributed by atoms with E-state index < -0.39 is 15.9 Å². The van der Waals surface area contributed by atoms with E-state index in [1.54, 1.807) is 17.6 Å². The molecule has 0 bridgehead atoms. The van der Waals surface area contributed by atoms with Crippen LogP contribution in [-0.2, 0) is 9.84 Å². The van der Waals surface area contributed by atoms with E-state index in [1.807, 2.05) is 24.4 Å². The van der Waals surface area contributed by atoms with Gasteiger partial charge in [0.2, 0.25) is 0 Å². The number of aliphatic hydroxyl groups excluding tert-OH is 1. The van der Waals surface area contributed by atoms with Gasteiger partial charge in [-0.2, -0.15) is 5.10 Å². The van der Waals surface area contributed by atoms with Crippen LogP contribution in [-0.4, -0.2) is 34.6 Å². The maximum absolute atomic E-state index is 11.4. The Kier molecular flexibility index (Phi) is 4.21. The molecule has 2 aromatic heterocycles. The molecule has 0 saturated heterocycles. The predicted octanol–water partition coefficient (Wildman–Crippen LogP) is 1.58. The van der Waals surface area contributed by atoms with Crippen molar-refractivity contribution in [1.82, 2.24) is 9.61 Å². The van der Waals surface area contributed by atoms with Gasteiger partial charge in [-0.05, 0) is 25.0 Å². The number of fused-ring (bicyclic) bond motifs is 1. The van der Waals surface area contributed by atoms with Gasteiger partial charge in [-0.15, -0.1) is 0 Å². The SMILES string of the molecule is CCS(=O)(=O)CCCC(O)c1cnn2ccccc12. The van der Waals surface area contributed by atoms with E-state index in [2.05, 4.69) is 5.10 Å². The highest BCUT2D eigenvalue weighted by molar-refractivity contribution is 7.91. The lowest BCUT2D eigenvalue weighted by molar-refractivity contribution is 0.168. The van der Waals surface area contributed by atoms with E-state index in [0.717, 1.165) is 11.1 Å². The first-order valence-corrected chi connectivity index (χ1v) is 8.16. The average molecular weight is 282 g/mol. The summed E-state index contributed by atoms with van der Waals surface area (Å²) in [4.78, 5) is 0. The molecular weight excluding hydrogens is 264 g/mol. The van der Waals surface area contributed by atoms with Crippen molar-refractivity contribution in [2.75, 3.05) is 11.5 Å². The van der Waals surface area contributed by atoms with Gasteiger partial charge in [0, 0.05) is 17.5 Å². The number of hydrogen-bond donors (Lipinski definition) is 1. The summed E-state index contributed by atoms with van der Waals surface area (Å²) in [5, 5.41) is 14.3. The zero-order valence-corrected chi connectivity index (χ0v) is 11.7. The summed E-state index contributed by atoms with van der Waals surface area (Å²) in [7, 11) is -2.96. The molecule has 0 aliphatic rings. The lowest BCUT2D eigenvalue weighted by Gasteiger charge is -2.09. The van der Waals surface area contributed by atoms with E-state index in [4.69, 9.17) is 0 Å². The standard InChI is InChI=1S/C13H18N2O3S/c1-2-19(17,18)9-5-7-13(16)11-10-14-15-8-4-3-6-12(11)15/h3-4,6,8,10,13,16H,2,5,7,9H2,1H3. The topological polar surface area (TPSA) is 71.7 Å². The zero-order valence-electron chi connectivity index (χ0n) is 10.9. The Balaban J connectivity index is 2.02. The second-order valence-electron chi connectivity index (χ2n) is 4.52. The van der Waals surface area contributed by atoms with Gasteiger partial charge < -0.3 is 5.11 Å². The molecule has 0 spiro atoms. The van der Waals surface area contributed by atoms with Crippen molar-refractivity contribution in [2.24, 2.45) is 0 Å². The highest BCUT2D eigenvalue weighted by Crippen LogP contribution is 2.22. The summed E-state index contributed by atoms with van der Waals surface area (Å²) in [5.41, 5.74) is 1.60. The average Bonchev–Trinajstić information content (AvgIpc) is 2.82. The minimum atomic E-state index is -2.96. The first kappa shape index (κ1) is 14.0. The van der Waals surface area contributed by atoms with E-state index >= 15 is 0 Å². The van der Waals surface area contributed by atoms with Crippen LogP contribution in [0.5, 0.6) is 0 Å². The Hall–Kier alpha value is -1.40. The molecule has 6 heteroatoms. The molecule has 19 heavy (non-hydrogen) atoms. The lowest BCUT2D eigenvalue weighted by Crippen LogP contribution is -2.10. The molecule has 1 unspecified atom stereocenters. The minimum absolute atomic E-state index is 0.125. The van der Waals surface area contributed by atoms with Crippen molar-refractivity contribution < 1.29 is 13.5 Å². The molecule has 5 nitrogen and oxygen atoms in total. The molecule has 0 aromatic carbocycles. The van der Waals surface area contributed by atoms with Crippen LogP contribution >= 0.6 is 0 Å². The fourth-order valence-corrected chi connectivity index (χ4v) is 2.90. The molecule has 0 radical (unpaired) electrons. The van der Waals surface area contributed by atoms with Gasteiger partial charge >= 0.3 is 0 Å². The van der Waals surface area contributed by atoms with Crippen LogP contribution < -0.4 is 0 Å². The van der Waals surface area contributed by atoms with Crippen LogP contribution in [0.1, 0.15) is 31.4 Å². The normalized spacial score (nSPS) is 13.8. The van der Waals surface area contributed by atoms with Crippen molar-refractivity contribution >= 4 is 15.4 Å². The molecule has 0 fully saturated rings. The van der Waals surface area contributed by atoms with Crippen LogP contribution in [0.2, 0.25) is 0 Å². The van der Waals surface area contributed by atoms with Gasteiger partial charge in [0.15, 0.2) is 0 Å². The van der Waals surface area contributed by atoms with Crippen molar-refractivity contribution in [3.05, 3.63) is 36.2 Å². The second-order valence-corrected chi connectivity index (χ2v) is 7.00. The van der Waals surface area contributed by atoms with Gasteiger partial charge in [-0.3, -0.25) is 0 Å². The first-order valence-electron chi connectivity index (χ1n) is 6.34. The van der Waals surface area contributed by atoms with E-state index in [1.165, 1.54) is 0 Å². The van der Waals surface area contributed by atoms with Gasteiger partial charge in [0.25, 0.3) is 0 Å². The number of rotatable bonds is 6. The molecule has 0 aliphatic carbocycles. The Labute approximate surface area is 112 Å². The quantitative estimate of drug-likeness (QED) is 0.873. The first-order chi connectivity index (χ1) is 9.03. The molecule has 0 aliphatic heterocycles.